The van der Waals surface area contributed by atoms with Crippen molar-refractivity contribution in [2.24, 2.45) is 5.92 Å². The van der Waals surface area contributed by atoms with Gasteiger partial charge >= 0.3 is 0 Å². The van der Waals surface area contributed by atoms with E-state index in [1.165, 1.54) is 0 Å². The van der Waals surface area contributed by atoms with E-state index >= 15 is 0 Å². The van der Waals surface area contributed by atoms with Crippen LogP contribution in [-0.2, 0) is 17.8 Å². The molecule has 2 heterocycles. The molecule has 8 heteroatoms. The second-order valence-electron chi connectivity index (χ2n) is 7.68. The molecule has 2 N–H and O–H groups in total. The number of benzene rings is 1. The first-order chi connectivity index (χ1) is 14.5. The standard InChI is InChI=1S/C22H30N6OS/c1-5-30-22-26-20(24-13-15(2)3)18-14-25-28(21(18)27-22)10-9-23-19(29)12-17-8-6-7-16(4)11-17/h6-8,11,14-15H,5,9-10,12-13H2,1-4H3,(H,23,29)(H,24,26,27). The third-order valence-electron chi connectivity index (χ3n) is 4.52. The Morgan fingerprint density at radius 3 is 2.83 bits per heavy atom. The fourth-order valence-electron chi connectivity index (χ4n) is 3.10. The Morgan fingerprint density at radius 1 is 1.27 bits per heavy atom. The number of carbonyl (C=O) groups excluding carboxylic acids is 1. The van der Waals surface area contributed by atoms with Crippen molar-refractivity contribution in [3.8, 4) is 0 Å². The molecule has 3 rings (SSSR count). The van der Waals surface area contributed by atoms with Crippen LogP contribution in [0.4, 0.5) is 5.82 Å². The highest BCUT2D eigenvalue weighted by Gasteiger charge is 2.14. The number of amides is 1. The van der Waals surface area contributed by atoms with E-state index in [9.17, 15) is 4.79 Å². The van der Waals surface area contributed by atoms with Crippen LogP contribution < -0.4 is 10.6 Å². The van der Waals surface area contributed by atoms with E-state index in [1.807, 2.05) is 35.9 Å². The maximum absolute atomic E-state index is 12.3. The molecule has 0 fully saturated rings. The average Bonchev–Trinajstić information content (AvgIpc) is 3.09. The van der Waals surface area contributed by atoms with Crippen LogP contribution in [0.25, 0.3) is 11.0 Å². The van der Waals surface area contributed by atoms with E-state index in [1.54, 1.807) is 18.0 Å². The van der Waals surface area contributed by atoms with Crippen molar-refractivity contribution in [1.82, 2.24) is 25.1 Å². The molecular formula is C22H30N6OS. The predicted molar refractivity (Wildman–Crippen MR) is 123 cm³/mol. The second kappa shape index (κ2) is 10.4. The Kier molecular flexibility index (Phi) is 7.68. The molecule has 0 aliphatic rings. The molecule has 7 nitrogen and oxygen atoms in total. The lowest BCUT2D eigenvalue weighted by Crippen LogP contribution is -2.29. The van der Waals surface area contributed by atoms with Gasteiger partial charge in [0.05, 0.1) is 24.5 Å². The number of hydrogen-bond acceptors (Lipinski definition) is 6. The van der Waals surface area contributed by atoms with Gasteiger partial charge in [0.1, 0.15) is 5.82 Å². The highest BCUT2D eigenvalue weighted by molar-refractivity contribution is 7.99. The van der Waals surface area contributed by atoms with Crippen LogP contribution in [0.1, 0.15) is 31.9 Å². The Balaban J connectivity index is 1.67. The highest BCUT2D eigenvalue weighted by atomic mass is 32.2. The van der Waals surface area contributed by atoms with Crippen molar-refractivity contribution >= 4 is 34.5 Å². The fraction of sp³-hybridized carbons (Fsp3) is 0.455. The molecule has 0 atom stereocenters. The molecule has 0 aliphatic carbocycles. The van der Waals surface area contributed by atoms with Crippen LogP contribution in [0.3, 0.4) is 0 Å². The molecule has 2 aromatic heterocycles. The average molecular weight is 427 g/mol. The van der Waals surface area contributed by atoms with E-state index in [0.29, 0.717) is 25.4 Å². The largest absolute Gasteiger partial charge is 0.369 e. The third-order valence-corrected chi connectivity index (χ3v) is 5.25. The summed E-state index contributed by atoms with van der Waals surface area (Å²) in [7, 11) is 0. The topological polar surface area (TPSA) is 84.7 Å². The Bertz CT molecular complexity index is 1000. The maximum atomic E-state index is 12.3. The van der Waals surface area contributed by atoms with Gasteiger partial charge in [-0.25, -0.2) is 14.6 Å². The van der Waals surface area contributed by atoms with Crippen molar-refractivity contribution < 1.29 is 4.79 Å². The third kappa shape index (κ3) is 5.95. The summed E-state index contributed by atoms with van der Waals surface area (Å²) >= 11 is 1.61. The van der Waals surface area contributed by atoms with Crippen molar-refractivity contribution in [3.05, 3.63) is 41.6 Å². The summed E-state index contributed by atoms with van der Waals surface area (Å²) in [6.07, 6.45) is 2.18. The number of aryl methyl sites for hydroxylation is 1. The normalized spacial score (nSPS) is 11.2. The molecule has 30 heavy (non-hydrogen) atoms. The summed E-state index contributed by atoms with van der Waals surface area (Å²) < 4.78 is 1.84. The second-order valence-corrected chi connectivity index (χ2v) is 8.91. The number of aromatic nitrogens is 4. The number of thioether (sulfide) groups is 1. The smallest absolute Gasteiger partial charge is 0.224 e. The fourth-order valence-corrected chi connectivity index (χ4v) is 3.66. The van der Waals surface area contributed by atoms with Gasteiger partial charge < -0.3 is 10.6 Å². The van der Waals surface area contributed by atoms with Gasteiger partial charge in [-0.2, -0.15) is 5.10 Å². The summed E-state index contributed by atoms with van der Waals surface area (Å²) in [5, 5.41) is 12.5. The van der Waals surface area contributed by atoms with Gasteiger partial charge in [-0.3, -0.25) is 4.79 Å². The van der Waals surface area contributed by atoms with Crippen LogP contribution in [0.5, 0.6) is 0 Å². The van der Waals surface area contributed by atoms with E-state index in [0.717, 1.165) is 45.4 Å². The first kappa shape index (κ1) is 22.1. The van der Waals surface area contributed by atoms with Crippen molar-refractivity contribution in [2.45, 2.75) is 45.8 Å². The molecule has 0 bridgehead atoms. The first-order valence-corrected chi connectivity index (χ1v) is 11.4. The lowest BCUT2D eigenvalue weighted by molar-refractivity contribution is -0.120. The van der Waals surface area contributed by atoms with Gasteiger partial charge in [-0.1, -0.05) is 62.4 Å². The number of fused-ring (bicyclic) bond motifs is 1. The van der Waals surface area contributed by atoms with Crippen molar-refractivity contribution in [3.63, 3.8) is 0 Å². The van der Waals surface area contributed by atoms with Crippen LogP contribution in [0, 0.1) is 12.8 Å². The quantitative estimate of drug-likeness (QED) is 0.380. The number of hydrogen-bond donors (Lipinski definition) is 2. The van der Waals surface area contributed by atoms with Crippen LogP contribution >= 0.6 is 11.8 Å². The summed E-state index contributed by atoms with van der Waals surface area (Å²) in [4.78, 5) is 21.6. The maximum Gasteiger partial charge on any atom is 0.224 e. The lowest BCUT2D eigenvalue weighted by Gasteiger charge is -2.11. The summed E-state index contributed by atoms with van der Waals surface area (Å²) in [5.41, 5.74) is 2.97. The monoisotopic (exact) mass is 426 g/mol. The van der Waals surface area contributed by atoms with Gasteiger partial charge in [-0.05, 0) is 24.2 Å². The van der Waals surface area contributed by atoms with Gasteiger partial charge in [0, 0.05) is 13.1 Å². The number of anilines is 1. The molecule has 1 aromatic carbocycles. The Morgan fingerprint density at radius 2 is 2.10 bits per heavy atom. The predicted octanol–water partition coefficient (Wildman–Crippen LogP) is 3.67. The SMILES string of the molecule is CCSc1nc(NCC(C)C)c2cnn(CCNC(=O)Cc3cccc(C)c3)c2n1. The molecule has 1 amide bonds. The minimum absolute atomic E-state index is 0.00760. The number of nitrogens with one attached hydrogen (secondary N) is 2. The van der Waals surface area contributed by atoms with E-state index in [4.69, 9.17) is 0 Å². The summed E-state index contributed by atoms with van der Waals surface area (Å²) in [6.45, 7) is 10.3. The van der Waals surface area contributed by atoms with Gasteiger partial charge in [-0.15, -0.1) is 0 Å². The number of carbonyl (C=O) groups is 1. The zero-order valence-electron chi connectivity index (χ0n) is 18.1. The highest BCUT2D eigenvalue weighted by Crippen LogP contribution is 2.24. The molecule has 0 saturated heterocycles. The molecule has 160 valence electrons. The number of nitrogens with zero attached hydrogens (tertiary/aromatic N) is 4. The van der Waals surface area contributed by atoms with Crippen LogP contribution in [0.15, 0.2) is 35.6 Å². The lowest BCUT2D eigenvalue weighted by atomic mass is 10.1. The molecule has 0 unspecified atom stereocenters. The minimum atomic E-state index is 0.00760. The van der Waals surface area contributed by atoms with Crippen molar-refractivity contribution in [1.29, 1.82) is 0 Å². The van der Waals surface area contributed by atoms with Crippen molar-refractivity contribution in [2.75, 3.05) is 24.2 Å². The summed E-state index contributed by atoms with van der Waals surface area (Å²) in [6, 6.07) is 8.02. The molecule has 0 aliphatic heterocycles. The zero-order chi connectivity index (χ0) is 21.5. The van der Waals surface area contributed by atoms with E-state index in [-0.39, 0.29) is 5.91 Å². The molecule has 0 radical (unpaired) electrons. The van der Waals surface area contributed by atoms with Crippen LogP contribution in [-0.4, -0.2) is 44.5 Å². The Labute approximate surface area is 182 Å². The zero-order valence-corrected chi connectivity index (χ0v) is 18.9. The van der Waals surface area contributed by atoms with Crippen LogP contribution in [0.2, 0.25) is 0 Å². The molecule has 0 spiro atoms. The first-order valence-electron chi connectivity index (χ1n) is 10.4. The minimum Gasteiger partial charge on any atom is -0.369 e. The van der Waals surface area contributed by atoms with E-state index < -0.39 is 0 Å². The van der Waals surface area contributed by atoms with Gasteiger partial charge in [0.15, 0.2) is 10.8 Å². The number of rotatable bonds is 10. The molecule has 3 aromatic rings. The molecular weight excluding hydrogens is 396 g/mol. The summed E-state index contributed by atoms with van der Waals surface area (Å²) in [5.74, 6) is 2.24. The molecule has 0 saturated carbocycles. The Hall–Kier alpha value is -2.61. The van der Waals surface area contributed by atoms with E-state index in [2.05, 4.69) is 46.5 Å². The van der Waals surface area contributed by atoms with Gasteiger partial charge in [0.25, 0.3) is 0 Å². The van der Waals surface area contributed by atoms with Gasteiger partial charge in [0.2, 0.25) is 5.91 Å².